The SMILES string of the molecule is CCC(C)[C@H](NC(=O)NC1(C)CCCCC1)C(=O)O. The number of urea groups is 1. The first kappa shape index (κ1) is 15.8. The van der Waals surface area contributed by atoms with E-state index in [0.29, 0.717) is 6.42 Å². The molecule has 1 rings (SSSR count). The Kier molecular flexibility index (Phi) is 5.63. The average Bonchev–Trinajstić information content (AvgIpc) is 2.35. The lowest BCUT2D eigenvalue weighted by Crippen LogP contribution is -2.55. The van der Waals surface area contributed by atoms with Gasteiger partial charge in [-0.3, -0.25) is 0 Å². The van der Waals surface area contributed by atoms with Crippen LogP contribution >= 0.6 is 0 Å². The average molecular weight is 270 g/mol. The van der Waals surface area contributed by atoms with Gasteiger partial charge in [0, 0.05) is 5.54 Å². The molecule has 0 aromatic carbocycles. The van der Waals surface area contributed by atoms with Gasteiger partial charge in [0.25, 0.3) is 0 Å². The van der Waals surface area contributed by atoms with Crippen LogP contribution < -0.4 is 10.6 Å². The van der Waals surface area contributed by atoms with Crippen molar-refractivity contribution in [3.8, 4) is 0 Å². The lowest BCUT2D eigenvalue weighted by molar-refractivity contribution is -0.140. The summed E-state index contributed by atoms with van der Waals surface area (Å²) in [6, 6.07) is -1.19. The van der Waals surface area contributed by atoms with Crippen LogP contribution in [-0.4, -0.2) is 28.7 Å². The Balaban J connectivity index is 2.55. The highest BCUT2D eigenvalue weighted by molar-refractivity contribution is 5.83. The number of aliphatic carboxylic acids is 1. The Morgan fingerprint density at radius 1 is 1.26 bits per heavy atom. The lowest BCUT2D eigenvalue weighted by Gasteiger charge is -2.35. The maximum Gasteiger partial charge on any atom is 0.326 e. The Morgan fingerprint density at radius 2 is 1.84 bits per heavy atom. The summed E-state index contributed by atoms with van der Waals surface area (Å²) < 4.78 is 0. The number of carbonyl (C=O) groups is 2. The Hall–Kier alpha value is -1.26. The third-order valence-electron chi connectivity index (χ3n) is 4.14. The minimum absolute atomic E-state index is 0.0811. The molecule has 0 radical (unpaired) electrons. The highest BCUT2D eigenvalue weighted by Crippen LogP contribution is 2.27. The van der Waals surface area contributed by atoms with Gasteiger partial charge in [0.05, 0.1) is 0 Å². The minimum Gasteiger partial charge on any atom is -0.480 e. The van der Waals surface area contributed by atoms with Crippen LogP contribution in [0.4, 0.5) is 4.79 Å². The third kappa shape index (κ3) is 4.73. The van der Waals surface area contributed by atoms with Crippen LogP contribution in [0, 0.1) is 5.92 Å². The van der Waals surface area contributed by atoms with Crippen LogP contribution in [0.5, 0.6) is 0 Å². The van der Waals surface area contributed by atoms with E-state index in [-0.39, 0.29) is 17.5 Å². The van der Waals surface area contributed by atoms with Gasteiger partial charge in [-0.2, -0.15) is 0 Å². The number of carbonyl (C=O) groups excluding carboxylic acids is 1. The molecule has 0 aromatic rings. The Labute approximate surface area is 115 Å². The van der Waals surface area contributed by atoms with Crippen LogP contribution in [0.2, 0.25) is 0 Å². The first-order valence-corrected chi connectivity index (χ1v) is 7.19. The van der Waals surface area contributed by atoms with Crippen molar-refractivity contribution >= 4 is 12.0 Å². The fraction of sp³-hybridized carbons (Fsp3) is 0.857. The van der Waals surface area contributed by atoms with E-state index in [2.05, 4.69) is 10.6 Å². The van der Waals surface area contributed by atoms with Crippen molar-refractivity contribution in [2.24, 2.45) is 5.92 Å². The minimum atomic E-state index is -0.974. The van der Waals surface area contributed by atoms with Gasteiger partial charge in [-0.05, 0) is 25.7 Å². The summed E-state index contributed by atoms with van der Waals surface area (Å²) in [5.74, 6) is -1.05. The second kappa shape index (κ2) is 6.78. The number of nitrogens with one attached hydrogen (secondary N) is 2. The molecule has 0 spiro atoms. The zero-order valence-electron chi connectivity index (χ0n) is 12.2. The first-order chi connectivity index (χ1) is 8.88. The van der Waals surface area contributed by atoms with Crippen molar-refractivity contribution in [1.82, 2.24) is 10.6 Å². The van der Waals surface area contributed by atoms with Gasteiger partial charge in [0.1, 0.15) is 6.04 Å². The lowest BCUT2D eigenvalue weighted by atomic mass is 9.83. The van der Waals surface area contributed by atoms with Crippen molar-refractivity contribution in [3.05, 3.63) is 0 Å². The normalized spacial score (nSPS) is 21.2. The van der Waals surface area contributed by atoms with Gasteiger partial charge in [0.2, 0.25) is 0 Å². The molecule has 5 nitrogen and oxygen atoms in total. The highest BCUT2D eigenvalue weighted by Gasteiger charge is 2.31. The number of amides is 2. The maximum absolute atomic E-state index is 12.0. The molecule has 1 aliphatic rings. The standard InChI is InChI=1S/C14H26N2O3/c1-4-10(2)11(12(17)18)15-13(19)16-14(3)8-6-5-7-9-14/h10-11H,4-9H2,1-3H3,(H,17,18)(H2,15,16,19)/t10?,11-/m0/s1. The summed E-state index contributed by atoms with van der Waals surface area (Å²) in [6.07, 6.45) is 6.08. The van der Waals surface area contributed by atoms with E-state index < -0.39 is 12.0 Å². The van der Waals surface area contributed by atoms with E-state index in [1.54, 1.807) is 0 Å². The topological polar surface area (TPSA) is 78.4 Å². The molecular weight excluding hydrogens is 244 g/mol. The van der Waals surface area contributed by atoms with Crippen LogP contribution in [0.3, 0.4) is 0 Å². The number of hydrogen-bond donors (Lipinski definition) is 3. The first-order valence-electron chi connectivity index (χ1n) is 7.19. The maximum atomic E-state index is 12.0. The van der Waals surface area contributed by atoms with Crippen molar-refractivity contribution in [2.45, 2.75) is 70.9 Å². The summed E-state index contributed by atoms with van der Waals surface area (Å²) in [5.41, 5.74) is -0.194. The highest BCUT2D eigenvalue weighted by atomic mass is 16.4. The van der Waals surface area contributed by atoms with Crippen LogP contribution in [-0.2, 0) is 4.79 Å². The van der Waals surface area contributed by atoms with Crippen LogP contribution in [0.1, 0.15) is 59.3 Å². The largest absolute Gasteiger partial charge is 0.480 e. The summed E-state index contributed by atoms with van der Waals surface area (Å²) >= 11 is 0. The fourth-order valence-corrected chi connectivity index (χ4v) is 2.59. The molecule has 1 unspecified atom stereocenters. The van der Waals surface area contributed by atoms with E-state index in [1.807, 2.05) is 20.8 Å². The zero-order valence-corrected chi connectivity index (χ0v) is 12.2. The van der Waals surface area contributed by atoms with Crippen molar-refractivity contribution in [1.29, 1.82) is 0 Å². The van der Waals surface area contributed by atoms with Gasteiger partial charge in [-0.1, -0.05) is 39.5 Å². The molecule has 0 aliphatic heterocycles. The summed E-state index contributed by atoms with van der Waals surface area (Å²) in [4.78, 5) is 23.1. The van der Waals surface area contributed by atoms with E-state index >= 15 is 0 Å². The molecule has 2 atom stereocenters. The second-order valence-corrected chi connectivity index (χ2v) is 5.92. The summed E-state index contributed by atoms with van der Waals surface area (Å²) in [7, 11) is 0. The summed E-state index contributed by atoms with van der Waals surface area (Å²) in [5, 5.41) is 14.7. The molecule has 2 amide bonds. The Morgan fingerprint density at radius 3 is 2.32 bits per heavy atom. The van der Waals surface area contributed by atoms with Crippen LogP contribution in [0.25, 0.3) is 0 Å². The molecular formula is C14H26N2O3. The monoisotopic (exact) mass is 270 g/mol. The van der Waals surface area contributed by atoms with Gasteiger partial charge in [-0.15, -0.1) is 0 Å². The Bertz CT molecular complexity index is 325. The third-order valence-corrected chi connectivity index (χ3v) is 4.14. The molecule has 19 heavy (non-hydrogen) atoms. The molecule has 0 aromatic heterocycles. The zero-order chi connectivity index (χ0) is 14.5. The van der Waals surface area contributed by atoms with Crippen LogP contribution in [0.15, 0.2) is 0 Å². The molecule has 110 valence electrons. The van der Waals surface area contributed by atoms with Gasteiger partial charge >= 0.3 is 12.0 Å². The molecule has 1 fully saturated rings. The number of carboxylic acid groups (broad SMARTS) is 1. The number of hydrogen-bond acceptors (Lipinski definition) is 2. The van der Waals surface area contributed by atoms with E-state index in [4.69, 9.17) is 5.11 Å². The van der Waals surface area contributed by atoms with Gasteiger partial charge < -0.3 is 15.7 Å². The fourth-order valence-electron chi connectivity index (χ4n) is 2.59. The second-order valence-electron chi connectivity index (χ2n) is 5.92. The molecule has 0 saturated heterocycles. The molecule has 5 heteroatoms. The molecule has 3 N–H and O–H groups in total. The molecule has 1 aliphatic carbocycles. The predicted octanol–water partition coefficient (Wildman–Crippen LogP) is 2.51. The smallest absolute Gasteiger partial charge is 0.326 e. The van der Waals surface area contributed by atoms with Gasteiger partial charge in [-0.25, -0.2) is 9.59 Å². The van der Waals surface area contributed by atoms with Crippen molar-refractivity contribution in [2.75, 3.05) is 0 Å². The van der Waals surface area contributed by atoms with Crippen molar-refractivity contribution < 1.29 is 14.7 Å². The number of rotatable bonds is 5. The van der Waals surface area contributed by atoms with Gasteiger partial charge in [0.15, 0.2) is 0 Å². The van der Waals surface area contributed by atoms with E-state index in [0.717, 1.165) is 25.7 Å². The molecule has 1 saturated carbocycles. The molecule has 0 bridgehead atoms. The van der Waals surface area contributed by atoms with Crippen molar-refractivity contribution in [3.63, 3.8) is 0 Å². The van der Waals surface area contributed by atoms with E-state index in [9.17, 15) is 9.59 Å². The molecule has 0 heterocycles. The van der Waals surface area contributed by atoms with E-state index in [1.165, 1.54) is 6.42 Å². The predicted molar refractivity (Wildman–Crippen MR) is 74.0 cm³/mol. The summed E-state index contributed by atoms with van der Waals surface area (Å²) in [6.45, 7) is 5.79. The number of carboxylic acids is 1. The quantitative estimate of drug-likeness (QED) is 0.718.